The Kier molecular flexibility index (Phi) is 4.10. The highest BCUT2D eigenvalue weighted by atomic mass is 79.9. The van der Waals surface area contributed by atoms with Gasteiger partial charge in [-0.15, -0.1) is 0 Å². The molecule has 0 unspecified atom stereocenters. The largest absolute Gasteiger partial charge is 0.469 e. The van der Waals surface area contributed by atoms with Crippen molar-refractivity contribution in [3.05, 3.63) is 34.3 Å². The third-order valence-corrected chi connectivity index (χ3v) is 3.45. The number of nitrogens with two attached hydrogens (primary N) is 1. The monoisotopic (exact) mass is 285 g/mol. The topological polar surface area (TPSA) is 52.3 Å². The number of hydrogen-bond acceptors (Lipinski definition) is 3. The van der Waals surface area contributed by atoms with Crippen LogP contribution in [0.25, 0.3) is 0 Å². The first-order valence-electron chi connectivity index (χ1n) is 4.99. The second-order valence-corrected chi connectivity index (χ2v) is 5.07. The van der Waals surface area contributed by atoms with Crippen molar-refractivity contribution in [1.82, 2.24) is 0 Å². The second kappa shape index (κ2) is 4.97. The Hall–Kier alpha value is -0.870. The van der Waals surface area contributed by atoms with Crippen LogP contribution in [-0.4, -0.2) is 13.1 Å². The Balaban J connectivity index is 3.07. The van der Waals surface area contributed by atoms with Gasteiger partial charge in [0, 0.05) is 10.5 Å². The Morgan fingerprint density at radius 2 is 2.00 bits per heavy atom. The van der Waals surface area contributed by atoms with E-state index < -0.39 is 11.5 Å². The van der Waals surface area contributed by atoms with Gasteiger partial charge in [0.2, 0.25) is 0 Å². The maximum Gasteiger partial charge on any atom is 0.313 e. The smallest absolute Gasteiger partial charge is 0.313 e. The molecule has 1 aromatic rings. The van der Waals surface area contributed by atoms with E-state index in [2.05, 4.69) is 15.9 Å². The number of rotatable bonds is 3. The van der Waals surface area contributed by atoms with Gasteiger partial charge in [0.15, 0.2) is 0 Å². The molecule has 0 saturated heterocycles. The van der Waals surface area contributed by atoms with Crippen LogP contribution in [0.15, 0.2) is 28.7 Å². The van der Waals surface area contributed by atoms with Crippen molar-refractivity contribution in [2.24, 2.45) is 11.1 Å². The lowest BCUT2D eigenvalue weighted by Gasteiger charge is -2.29. The Bertz CT molecular complexity index is 390. The first kappa shape index (κ1) is 13.2. The quantitative estimate of drug-likeness (QED) is 0.869. The molecule has 16 heavy (non-hydrogen) atoms. The molecular formula is C12H16BrNO2. The van der Waals surface area contributed by atoms with Crippen molar-refractivity contribution in [3.8, 4) is 0 Å². The van der Waals surface area contributed by atoms with E-state index in [1.165, 1.54) is 7.11 Å². The number of ether oxygens (including phenoxy) is 1. The molecule has 0 heterocycles. The van der Waals surface area contributed by atoms with Crippen LogP contribution in [0.2, 0.25) is 0 Å². The molecule has 0 spiro atoms. The van der Waals surface area contributed by atoms with E-state index in [0.717, 1.165) is 10.0 Å². The fraction of sp³-hybridized carbons (Fsp3) is 0.417. The molecule has 0 aliphatic rings. The summed E-state index contributed by atoms with van der Waals surface area (Å²) < 4.78 is 5.67. The molecule has 0 amide bonds. The maximum absolute atomic E-state index is 11.6. The Labute approximate surface area is 104 Å². The zero-order valence-electron chi connectivity index (χ0n) is 9.66. The Morgan fingerprint density at radius 1 is 1.44 bits per heavy atom. The molecule has 1 atom stereocenters. The van der Waals surface area contributed by atoms with Crippen molar-refractivity contribution in [2.75, 3.05) is 7.11 Å². The van der Waals surface area contributed by atoms with Crippen LogP contribution in [0, 0.1) is 5.41 Å². The van der Waals surface area contributed by atoms with E-state index in [0.29, 0.717) is 0 Å². The van der Waals surface area contributed by atoms with Crippen LogP contribution in [0.4, 0.5) is 0 Å². The number of esters is 1. The highest BCUT2D eigenvalue weighted by Gasteiger charge is 2.37. The molecule has 0 bridgehead atoms. The van der Waals surface area contributed by atoms with Crippen LogP contribution in [-0.2, 0) is 9.53 Å². The van der Waals surface area contributed by atoms with Gasteiger partial charge in [-0.3, -0.25) is 4.79 Å². The molecule has 0 saturated carbocycles. The third kappa shape index (κ3) is 2.44. The molecule has 0 radical (unpaired) electrons. The molecule has 0 aromatic heterocycles. The number of benzene rings is 1. The minimum Gasteiger partial charge on any atom is -0.469 e. The SMILES string of the molecule is COC(=O)C(C)(C)[C@H](N)c1ccccc1Br. The number of carbonyl (C=O) groups excluding carboxylic acids is 1. The normalized spacial score (nSPS) is 13.3. The lowest BCUT2D eigenvalue weighted by atomic mass is 9.81. The lowest BCUT2D eigenvalue weighted by molar-refractivity contribution is -0.152. The summed E-state index contributed by atoms with van der Waals surface area (Å²) in [5.41, 5.74) is 6.27. The zero-order chi connectivity index (χ0) is 12.3. The van der Waals surface area contributed by atoms with E-state index in [9.17, 15) is 4.79 Å². The molecule has 1 rings (SSSR count). The van der Waals surface area contributed by atoms with Crippen molar-refractivity contribution < 1.29 is 9.53 Å². The fourth-order valence-corrected chi connectivity index (χ4v) is 2.04. The van der Waals surface area contributed by atoms with Crippen molar-refractivity contribution in [3.63, 3.8) is 0 Å². The molecule has 88 valence electrons. The predicted molar refractivity (Wildman–Crippen MR) is 66.9 cm³/mol. The maximum atomic E-state index is 11.6. The van der Waals surface area contributed by atoms with Crippen molar-refractivity contribution in [1.29, 1.82) is 0 Å². The number of halogens is 1. The predicted octanol–water partition coefficient (Wildman–Crippen LogP) is 2.65. The number of methoxy groups -OCH3 is 1. The molecular weight excluding hydrogens is 270 g/mol. The van der Waals surface area contributed by atoms with E-state index >= 15 is 0 Å². The van der Waals surface area contributed by atoms with Crippen LogP contribution in [0.1, 0.15) is 25.5 Å². The Morgan fingerprint density at radius 3 is 2.50 bits per heavy atom. The van der Waals surface area contributed by atoms with Gasteiger partial charge in [0.1, 0.15) is 0 Å². The van der Waals surface area contributed by atoms with Gasteiger partial charge in [0.05, 0.1) is 12.5 Å². The lowest BCUT2D eigenvalue weighted by Crippen LogP contribution is -2.37. The minimum absolute atomic E-state index is 0.309. The highest BCUT2D eigenvalue weighted by molar-refractivity contribution is 9.10. The second-order valence-electron chi connectivity index (χ2n) is 4.21. The number of carbonyl (C=O) groups is 1. The van der Waals surface area contributed by atoms with Gasteiger partial charge in [-0.25, -0.2) is 0 Å². The van der Waals surface area contributed by atoms with E-state index in [4.69, 9.17) is 10.5 Å². The number of hydrogen-bond donors (Lipinski definition) is 1. The molecule has 4 heteroatoms. The van der Waals surface area contributed by atoms with Gasteiger partial charge in [-0.1, -0.05) is 34.1 Å². The summed E-state index contributed by atoms with van der Waals surface area (Å²) in [7, 11) is 1.37. The van der Waals surface area contributed by atoms with Gasteiger partial charge >= 0.3 is 5.97 Å². The van der Waals surface area contributed by atoms with Crippen LogP contribution in [0.3, 0.4) is 0 Å². The molecule has 1 aromatic carbocycles. The average Bonchev–Trinajstić information content (AvgIpc) is 2.27. The summed E-state index contributed by atoms with van der Waals surface area (Å²) in [6.07, 6.45) is 0. The molecule has 0 aliphatic carbocycles. The summed E-state index contributed by atoms with van der Waals surface area (Å²) in [6, 6.07) is 7.20. The van der Waals surface area contributed by atoms with Crippen LogP contribution in [0.5, 0.6) is 0 Å². The molecule has 2 N–H and O–H groups in total. The summed E-state index contributed by atoms with van der Waals surface area (Å²) in [4.78, 5) is 11.6. The minimum atomic E-state index is -0.751. The van der Waals surface area contributed by atoms with E-state index in [-0.39, 0.29) is 5.97 Å². The van der Waals surface area contributed by atoms with Crippen LogP contribution < -0.4 is 5.73 Å². The third-order valence-electron chi connectivity index (χ3n) is 2.73. The summed E-state index contributed by atoms with van der Waals surface area (Å²) in [5.74, 6) is -0.309. The van der Waals surface area contributed by atoms with Crippen LogP contribution >= 0.6 is 15.9 Å². The molecule has 0 fully saturated rings. The molecule has 3 nitrogen and oxygen atoms in total. The summed E-state index contributed by atoms with van der Waals surface area (Å²) in [5, 5.41) is 0. The standard InChI is InChI=1S/C12H16BrNO2/c1-12(2,11(15)16-3)10(14)8-6-4-5-7-9(8)13/h4-7,10H,14H2,1-3H3/t10-/m1/s1. The first-order chi connectivity index (χ1) is 7.41. The van der Waals surface area contributed by atoms with Crippen molar-refractivity contribution in [2.45, 2.75) is 19.9 Å². The van der Waals surface area contributed by atoms with Gasteiger partial charge in [-0.05, 0) is 25.5 Å². The fourth-order valence-electron chi connectivity index (χ4n) is 1.51. The summed E-state index contributed by atoms with van der Waals surface area (Å²) in [6.45, 7) is 3.56. The molecule has 0 aliphatic heterocycles. The summed E-state index contributed by atoms with van der Waals surface area (Å²) >= 11 is 3.43. The van der Waals surface area contributed by atoms with E-state index in [1.807, 2.05) is 24.3 Å². The average molecular weight is 286 g/mol. The zero-order valence-corrected chi connectivity index (χ0v) is 11.2. The van der Waals surface area contributed by atoms with Gasteiger partial charge in [-0.2, -0.15) is 0 Å². The van der Waals surface area contributed by atoms with Crippen molar-refractivity contribution >= 4 is 21.9 Å². The van der Waals surface area contributed by atoms with E-state index in [1.54, 1.807) is 13.8 Å². The first-order valence-corrected chi connectivity index (χ1v) is 5.79. The highest BCUT2D eigenvalue weighted by Crippen LogP contribution is 2.35. The van der Waals surface area contributed by atoms with Gasteiger partial charge < -0.3 is 10.5 Å². The van der Waals surface area contributed by atoms with Gasteiger partial charge in [0.25, 0.3) is 0 Å².